The normalized spacial score (nSPS) is 15.6. The van der Waals surface area contributed by atoms with Crippen molar-refractivity contribution < 1.29 is 32.9 Å². The zero-order chi connectivity index (χ0) is 26.1. The van der Waals surface area contributed by atoms with E-state index in [4.69, 9.17) is 30.5 Å². The summed E-state index contributed by atoms with van der Waals surface area (Å²) in [5.41, 5.74) is 1.63. The topological polar surface area (TPSA) is 74.3 Å². The number of thioether (sulfide) groups is 1. The molecule has 1 fully saturated rings. The number of carbonyl (C=O) groups is 2. The van der Waals surface area contributed by atoms with E-state index in [9.17, 15) is 14.0 Å². The number of carbonyl (C=O) groups excluding carboxylic acids is 2. The SMILES string of the molecule is COc1cc(/C=C2/SC(=O)N(Cc3cc4c(cc3Cl)OCO4)C2=O)cc(I)c1OCc1ccccc1F. The Morgan fingerprint density at radius 2 is 1.89 bits per heavy atom. The van der Waals surface area contributed by atoms with Crippen LogP contribution in [0.5, 0.6) is 23.0 Å². The molecule has 2 aliphatic heterocycles. The van der Waals surface area contributed by atoms with Gasteiger partial charge >= 0.3 is 0 Å². The van der Waals surface area contributed by atoms with Gasteiger partial charge in [0, 0.05) is 16.7 Å². The summed E-state index contributed by atoms with van der Waals surface area (Å²) < 4.78 is 36.7. The molecule has 2 amide bonds. The lowest BCUT2D eigenvalue weighted by Gasteiger charge is -2.15. The number of fused-ring (bicyclic) bond motifs is 1. The Bertz CT molecular complexity index is 1450. The second-order valence-corrected chi connectivity index (χ2v) is 10.5. The second-order valence-electron chi connectivity index (χ2n) is 7.98. The van der Waals surface area contributed by atoms with Crippen molar-refractivity contribution in [2.75, 3.05) is 13.9 Å². The number of nitrogens with zero attached hydrogens (tertiary/aromatic N) is 1. The molecule has 0 aromatic heterocycles. The van der Waals surface area contributed by atoms with Gasteiger partial charge in [0.15, 0.2) is 23.0 Å². The lowest BCUT2D eigenvalue weighted by Crippen LogP contribution is -2.27. The Morgan fingerprint density at radius 1 is 1.14 bits per heavy atom. The maximum absolute atomic E-state index is 14.0. The zero-order valence-corrected chi connectivity index (χ0v) is 23.0. The first kappa shape index (κ1) is 25.7. The molecule has 11 heteroatoms. The van der Waals surface area contributed by atoms with E-state index in [2.05, 4.69) is 22.6 Å². The van der Waals surface area contributed by atoms with Crippen molar-refractivity contribution in [1.29, 1.82) is 0 Å². The van der Waals surface area contributed by atoms with Crippen LogP contribution in [0.1, 0.15) is 16.7 Å². The minimum Gasteiger partial charge on any atom is -0.493 e. The van der Waals surface area contributed by atoms with Crippen molar-refractivity contribution in [2.45, 2.75) is 13.2 Å². The maximum atomic E-state index is 14.0. The summed E-state index contributed by atoms with van der Waals surface area (Å²) in [5.74, 6) is 1.12. The number of hydrogen-bond acceptors (Lipinski definition) is 7. The molecule has 0 N–H and O–H groups in total. The molecule has 1 saturated heterocycles. The van der Waals surface area contributed by atoms with Gasteiger partial charge < -0.3 is 18.9 Å². The number of ether oxygens (including phenoxy) is 4. The van der Waals surface area contributed by atoms with Gasteiger partial charge in [0.05, 0.1) is 22.1 Å². The highest BCUT2D eigenvalue weighted by molar-refractivity contribution is 14.1. The first-order valence-corrected chi connectivity index (χ1v) is 13.2. The Balaban J connectivity index is 1.35. The van der Waals surface area contributed by atoms with E-state index in [1.165, 1.54) is 13.2 Å². The third-order valence-corrected chi connectivity index (χ3v) is 7.68. The van der Waals surface area contributed by atoms with Crippen LogP contribution in [0.2, 0.25) is 5.02 Å². The summed E-state index contributed by atoms with van der Waals surface area (Å²) in [6, 6.07) is 13.1. The summed E-state index contributed by atoms with van der Waals surface area (Å²) >= 11 is 9.26. The van der Waals surface area contributed by atoms with E-state index >= 15 is 0 Å². The molecule has 2 aliphatic rings. The smallest absolute Gasteiger partial charge is 0.293 e. The van der Waals surface area contributed by atoms with Crippen LogP contribution in [0.15, 0.2) is 53.4 Å². The fourth-order valence-electron chi connectivity index (χ4n) is 3.77. The number of methoxy groups -OCH3 is 1. The summed E-state index contributed by atoms with van der Waals surface area (Å²) in [6.07, 6.45) is 1.62. The first-order valence-electron chi connectivity index (χ1n) is 10.9. The van der Waals surface area contributed by atoms with Gasteiger partial charge in [-0.3, -0.25) is 14.5 Å². The average Bonchev–Trinajstić information content (AvgIpc) is 3.43. The Kier molecular flexibility index (Phi) is 7.50. The molecule has 7 nitrogen and oxygen atoms in total. The molecule has 3 aromatic carbocycles. The third kappa shape index (κ3) is 5.36. The lowest BCUT2D eigenvalue weighted by molar-refractivity contribution is -0.123. The molecule has 2 heterocycles. The molecule has 0 bridgehead atoms. The van der Waals surface area contributed by atoms with Crippen LogP contribution in [0, 0.1) is 9.39 Å². The fourth-order valence-corrected chi connectivity index (χ4v) is 5.60. The van der Waals surface area contributed by atoms with Crippen molar-refractivity contribution in [3.63, 3.8) is 0 Å². The van der Waals surface area contributed by atoms with E-state index in [1.54, 1.807) is 48.5 Å². The fraction of sp³-hybridized carbons (Fsp3) is 0.154. The predicted molar refractivity (Wildman–Crippen MR) is 146 cm³/mol. The highest BCUT2D eigenvalue weighted by atomic mass is 127. The molecule has 3 aromatic rings. The summed E-state index contributed by atoms with van der Waals surface area (Å²) in [4.78, 5) is 27.2. The highest BCUT2D eigenvalue weighted by Gasteiger charge is 2.36. The zero-order valence-electron chi connectivity index (χ0n) is 19.3. The third-order valence-electron chi connectivity index (χ3n) is 5.62. The van der Waals surface area contributed by atoms with Gasteiger partial charge in [-0.15, -0.1) is 0 Å². The largest absolute Gasteiger partial charge is 0.493 e. The highest BCUT2D eigenvalue weighted by Crippen LogP contribution is 2.40. The summed E-state index contributed by atoms with van der Waals surface area (Å²) in [7, 11) is 1.49. The Labute approximate surface area is 234 Å². The van der Waals surface area contributed by atoms with Crippen LogP contribution in [0.4, 0.5) is 9.18 Å². The summed E-state index contributed by atoms with van der Waals surface area (Å²) in [5, 5.41) is -0.0333. The molecule has 37 heavy (non-hydrogen) atoms. The first-order chi connectivity index (χ1) is 17.8. The number of hydrogen-bond donors (Lipinski definition) is 0. The van der Waals surface area contributed by atoms with Gasteiger partial charge in [0.2, 0.25) is 6.79 Å². The molecule has 0 atom stereocenters. The van der Waals surface area contributed by atoms with Gasteiger partial charge in [-0.25, -0.2) is 4.39 Å². The van der Waals surface area contributed by atoms with Gasteiger partial charge in [0.1, 0.15) is 12.4 Å². The molecule has 0 radical (unpaired) electrons. The number of imide groups is 1. The summed E-state index contributed by atoms with van der Waals surface area (Å²) in [6.45, 7) is 0.121. The van der Waals surface area contributed by atoms with Crippen molar-refractivity contribution in [3.8, 4) is 23.0 Å². The van der Waals surface area contributed by atoms with E-state index in [0.717, 1.165) is 16.7 Å². The molecular weight excluding hydrogens is 636 g/mol. The van der Waals surface area contributed by atoms with Crippen LogP contribution in [-0.4, -0.2) is 29.9 Å². The quantitative estimate of drug-likeness (QED) is 0.209. The standard InChI is InChI=1S/C26H18ClFINO6S/c1-33-22-7-14(6-19(29)24(22)34-12-15-4-2-3-5-18(15)28)8-23-25(31)30(26(32)37-23)11-16-9-20-21(10-17(16)27)36-13-35-20/h2-10H,11-13H2,1H3/b23-8+. The van der Waals surface area contributed by atoms with E-state index < -0.39 is 11.1 Å². The number of rotatable bonds is 7. The van der Waals surface area contributed by atoms with Crippen LogP contribution in [-0.2, 0) is 17.9 Å². The predicted octanol–water partition coefficient (Wildman–Crippen LogP) is 6.64. The molecule has 190 valence electrons. The van der Waals surface area contributed by atoms with Crippen molar-refractivity contribution in [3.05, 3.63) is 84.5 Å². The number of amides is 2. The Hall–Kier alpha value is -2.96. The lowest BCUT2D eigenvalue weighted by atomic mass is 10.1. The van der Waals surface area contributed by atoms with E-state index in [1.807, 2.05) is 0 Å². The van der Waals surface area contributed by atoms with Crippen LogP contribution >= 0.6 is 46.0 Å². The Morgan fingerprint density at radius 3 is 2.65 bits per heavy atom. The number of benzene rings is 3. The van der Waals surface area contributed by atoms with Crippen molar-refractivity contribution >= 4 is 63.2 Å². The van der Waals surface area contributed by atoms with Gasteiger partial charge in [-0.2, -0.15) is 0 Å². The monoisotopic (exact) mass is 653 g/mol. The average molecular weight is 654 g/mol. The van der Waals surface area contributed by atoms with Crippen molar-refractivity contribution in [2.24, 2.45) is 0 Å². The van der Waals surface area contributed by atoms with E-state index in [0.29, 0.717) is 48.3 Å². The number of halogens is 3. The molecule has 0 aliphatic carbocycles. The second kappa shape index (κ2) is 10.8. The van der Waals surface area contributed by atoms with Crippen LogP contribution < -0.4 is 18.9 Å². The molecule has 0 saturated carbocycles. The molecular formula is C26H18ClFINO6S. The minimum absolute atomic E-state index is 0.00115. The van der Waals surface area contributed by atoms with Gasteiger partial charge in [0.25, 0.3) is 11.1 Å². The molecule has 0 unspecified atom stereocenters. The molecule has 0 spiro atoms. The van der Waals surface area contributed by atoms with Crippen LogP contribution in [0.25, 0.3) is 6.08 Å². The van der Waals surface area contributed by atoms with E-state index in [-0.39, 0.29) is 30.7 Å². The van der Waals surface area contributed by atoms with Crippen LogP contribution in [0.3, 0.4) is 0 Å². The minimum atomic E-state index is -0.433. The van der Waals surface area contributed by atoms with Gasteiger partial charge in [-0.1, -0.05) is 29.8 Å². The molecule has 5 rings (SSSR count). The maximum Gasteiger partial charge on any atom is 0.293 e. The van der Waals surface area contributed by atoms with Crippen molar-refractivity contribution in [1.82, 2.24) is 4.90 Å². The van der Waals surface area contributed by atoms with Gasteiger partial charge in [-0.05, 0) is 75.8 Å².